The predicted octanol–water partition coefficient (Wildman–Crippen LogP) is 4.65. The van der Waals surface area contributed by atoms with Gasteiger partial charge in [0.25, 0.3) is 0 Å². The standard InChI is InChI=1S/C18H23FN2/c1-4-20-14(3)15-10-12-16(13-11-15)21(5-2)18-9-7-6-8-17(18)19/h6-14,20H,4-5H2,1-3H3. The maximum Gasteiger partial charge on any atom is 0.146 e. The Labute approximate surface area is 126 Å². The van der Waals surface area contributed by atoms with Crippen LogP contribution in [0.2, 0.25) is 0 Å². The first kappa shape index (κ1) is 15.5. The molecule has 2 nitrogen and oxygen atoms in total. The Balaban J connectivity index is 2.26. The van der Waals surface area contributed by atoms with Gasteiger partial charge in [0.05, 0.1) is 5.69 Å². The molecule has 2 rings (SSSR count). The first-order valence-corrected chi connectivity index (χ1v) is 7.52. The first-order valence-electron chi connectivity index (χ1n) is 7.52. The molecule has 1 unspecified atom stereocenters. The van der Waals surface area contributed by atoms with Crippen molar-refractivity contribution in [2.24, 2.45) is 0 Å². The van der Waals surface area contributed by atoms with E-state index in [1.54, 1.807) is 6.07 Å². The van der Waals surface area contributed by atoms with Crippen LogP contribution >= 0.6 is 0 Å². The second-order valence-electron chi connectivity index (χ2n) is 5.07. The summed E-state index contributed by atoms with van der Waals surface area (Å²) >= 11 is 0. The fourth-order valence-electron chi connectivity index (χ4n) is 2.53. The van der Waals surface area contributed by atoms with Crippen LogP contribution < -0.4 is 10.2 Å². The van der Waals surface area contributed by atoms with Gasteiger partial charge in [-0.1, -0.05) is 31.2 Å². The van der Waals surface area contributed by atoms with Crippen LogP contribution in [0.4, 0.5) is 15.8 Å². The lowest BCUT2D eigenvalue weighted by atomic mass is 10.1. The molecule has 0 aromatic heterocycles. The van der Waals surface area contributed by atoms with Gasteiger partial charge in [-0.05, 0) is 50.2 Å². The minimum absolute atomic E-state index is 0.190. The molecule has 0 aliphatic rings. The lowest BCUT2D eigenvalue weighted by Gasteiger charge is -2.24. The third-order valence-electron chi connectivity index (χ3n) is 3.67. The van der Waals surface area contributed by atoms with Crippen molar-refractivity contribution in [3.05, 3.63) is 59.9 Å². The second kappa shape index (κ2) is 7.23. The van der Waals surface area contributed by atoms with Gasteiger partial charge in [-0.15, -0.1) is 0 Å². The van der Waals surface area contributed by atoms with Crippen LogP contribution in [0.15, 0.2) is 48.5 Å². The van der Waals surface area contributed by atoms with E-state index in [9.17, 15) is 4.39 Å². The fraction of sp³-hybridized carbons (Fsp3) is 0.333. The number of para-hydroxylation sites is 1. The Morgan fingerprint density at radius 3 is 2.29 bits per heavy atom. The Kier molecular flexibility index (Phi) is 5.34. The number of halogens is 1. The van der Waals surface area contributed by atoms with Crippen molar-refractivity contribution in [1.29, 1.82) is 0 Å². The molecule has 0 saturated heterocycles. The normalized spacial score (nSPS) is 12.2. The third kappa shape index (κ3) is 3.61. The van der Waals surface area contributed by atoms with Gasteiger partial charge >= 0.3 is 0 Å². The number of nitrogens with one attached hydrogen (secondary N) is 1. The lowest BCUT2D eigenvalue weighted by Crippen LogP contribution is -2.19. The van der Waals surface area contributed by atoms with Crippen molar-refractivity contribution >= 4 is 11.4 Å². The van der Waals surface area contributed by atoms with Crippen LogP contribution in [-0.4, -0.2) is 13.1 Å². The maximum absolute atomic E-state index is 14.0. The number of rotatable bonds is 6. The van der Waals surface area contributed by atoms with E-state index in [0.29, 0.717) is 11.7 Å². The molecule has 1 atom stereocenters. The van der Waals surface area contributed by atoms with Crippen molar-refractivity contribution in [1.82, 2.24) is 5.32 Å². The van der Waals surface area contributed by atoms with E-state index < -0.39 is 0 Å². The van der Waals surface area contributed by atoms with E-state index in [1.807, 2.05) is 24.0 Å². The Morgan fingerprint density at radius 1 is 1.05 bits per heavy atom. The van der Waals surface area contributed by atoms with Crippen molar-refractivity contribution in [2.75, 3.05) is 18.0 Å². The fourth-order valence-corrected chi connectivity index (χ4v) is 2.53. The summed E-state index contributed by atoms with van der Waals surface area (Å²) in [5.41, 5.74) is 2.87. The van der Waals surface area contributed by atoms with Crippen LogP contribution in [0.5, 0.6) is 0 Å². The second-order valence-corrected chi connectivity index (χ2v) is 5.07. The number of anilines is 2. The SMILES string of the molecule is CCNC(C)c1ccc(N(CC)c2ccccc2F)cc1. The van der Waals surface area contributed by atoms with Crippen molar-refractivity contribution in [3.8, 4) is 0 Å². The highest BCUT2D eigenvalue weighted by atomic mass is 19.1. The van der Waals surface area contributed by atoms with Gasteiger partial charge in [-0.3, -0.25) is 0 Å². The van der Waals surface area contributed by atoms with Gasteiger partial charge in [-0.2, -0.15) is 0 Å². The molecule has 3 heteroatoms. The minimum Gasteiger partial charge on any atom is -0.339 e. The molecule has 0 saturated carbocycles. The average Bonchev–Trinajstić information content (AvgIpc) is 2.51. The smallest absolute Gasteiger partial charge is 0.146 e. The zero-order valence-corrected chi connectivity index (χ0v) is 12.9. The van der Waals surface area contributed by atoms with Gasteiger partial charge in [0.2, 0.25) is 0 Å². The van der Waals surface area contributed by atoms with Crippen LogP contribution in [-0.2, 0) is 0 Å². The molecular weight excluding hydrogens is 263 g/mol. The van der Waals surface area contributed by atoms with Crippen molar-refractivity contribution < 1.29 is 4.39 Å². The summed E-state index contributed by atoms with van der Waals surface area (Å²) in [7, 11) is 0. The average molecular weight is 286 g/mol. The summed E-state index contributed by atoms with van der Waals surface area (Å²) in [5.74, 6) is -0.190. The van der Waals surface area contributed by atoms with Gasteiger partial charge in [0.1, 0.15) is 5.82 Å². The topological polar surface area (TPSA) is 15.3 Å². The predicted molar refractivity (Wildman–Crippen MR) is 87.6 cm³/mol. The number of nitrogens with zero attached hydrogens (tertiary/aromatic N) is 1. The number of benzene rings is 2. The number of hydrogen-bond acceptors (Lipinski definition) is 2. The summed E-state index contributed by atoms with van der Waals surface area (Å²) in [4.78, 5) is 1.98. The van der Waals surface area contributed by atoms with E-state index in [-0.39, 0.29) is 5.82 Å². The molecule has 0 amide bonds. The molecule has 112 valence electrons. The quantitative estimate of drug-likeness (QED) is 0.831. The van der Waals surface area contributed by atoms with Crippen LogP contribution in [0.3, 0.4) is 0 Å². The summed E-state index contributed by atoms with van der Waals surface area (Å²) in [6.07, 6.45) is 0. The molecule has 21 heavy (non-hydrogen) atoms. The van der Waals surface area contributed by atoms with Crippen molar-refractivity contribution in [3.63, 3.8) is 0 Å². The summed E-state index contributed by atoms with van der Waals surface area (Å²) < 4.78 is 14.0. The molecule has 0 radical (unpaired) electrons. The molecule has 0 fully saturated rings. The summed E-state index contributed by atoms with van der Waals surface area (Å²) in [6.45, 7) is 7.94. The first-order chi connectivity index (χ1) is 10.2. The Bertz CT molecular complexity index is 566. The molecule has 1 N–H and O–H groups in total. The monoisotopic (exact) mass is 286 g/mol. The van der Waals surface area contributed by atoms with E-state index in [4.69, 9.17) is 0 Å². The van der Waals surface area contributed by atoms with Gasteiger partial charge in [0.15, 0.2) is 0 Å². The zero-order valence-electron chi connectivity index (χ0n) is 12.9. The highest BCUT2D eigenvalue weighted by Crippen LogP contribution is 2.28. The van der Waals surface area contributed by atoms with E-state index in [0.717, 1.165) is 18.8 Å². The van der Waals surface area contributed by atoms with E-state index in [1.165, 1.54) is 11.6 Å². The molecule has 0 heterocycles. The van der Waals surface area contributed by atoms with Crippen LogP contribution in [0.1, 0.15) is 32.4 Å². The van der Waals surface area contributed by atoms with Crippen molar-refractivity contribution in [2.45, 2.75) is 26.8 Å². The highest BCUT2D eigenvalue weighted by Gasteiger charge is 2.12. The lowest BCUT2D eigenvalue weighted by molar-refractivity contribution is 0.598. The van der Waals surface area contributed by atoms with Gasteiger partial charge in [-0.25, -0.2) is 4.39 Å². The van der Waals surface area contributed by atoms with E-state index in [2.05, 4.69) is 43.4 Å². The molecule has 2 aromatic carbocycles. The molecular formula is C18H23FN2. The third-order valence-corrected chi connectivity index (χ3v) is 3.67. The van der Waals surface area contributed by atoms with E-state index >= 15 is 0 Å². The Morgan fingerprint density at radius 2 is 1.71 bits per heavy atom. The van der Waals surface area contributed by atoms with Crippen LogP contribution in [0, 0.1) is 5.82 Å². The molecule has 0 aliphatic carbocycles. The molecule has 2 aromatic rings. The largest absolute Gasteiger partial charge is 0.339 e. The highest BCUT2D eigenvalue weighted by molar-refractivity contribution is 5.63. The van der Waals surface area contributed by atoms with Gasteiger partial charge in [0, 0.05) is 18.3 Å². The van der Waals surface area contributed by atoms with Crippen LogP contribution in [0.25, 0.3) is 0 Å². The molecule has 0 aliphatic heterocycles. The number of hydrogen-bond donors (Lipinski definition) is 1. The Hall–Kier alpha value is -1.87. The summed E-state index contributed by atoms with van der Waals surface area (Å²) in [5, 5.41) is 3.39. The van der Waals surface area contributed by atoms with Gasteiger partial charge < -0.3 is 10.2 Å². The maximum atomic E-state index is 14.0. The molecule has 0 bridgehead atoms. The summed E-state index contributed by atoms with van der Waals surface area (Å²) in [6, 6.07) is 15.5. The molecule has 0 spiro atoms. The minimum atomic E-state index is -0.190. The zero-order chi connectivity index (χ0) is 15.2.